The maximum absolute atomic E-state index is 9.24. The molecule has 0 bridgehead atoms. The van der Waals surface area contributed by atoms with Crippen LogP contribution in [0.4, 0.5) is 0 Å². The molecule has 0 aromatic carbocycles. The molecule has 0 spiro atoms. The van der Waals surface area contributed by atoms with E-state index in [1.54, 1.807) is 18.1 Å². The van der Waals surface area contributed by atoms with Gasteiger partial charge in [-0.2, -0.15) is 0 Å². The van der Waals surface area contributed by atoms with Crippen molar-refractivity contribution in [3.63, 3.8) is 0 Å². The standard InChI is InChI=1S/C11H22N4OS/c1-11(8-16,12-2)6-4-5-7-17-10-14-13-9-15(10)3/h9,12,16H,4-8H2,1-3H3. The number of rotatable bonds is 8. The van der Waals surface area contributed by atoms with E-state index in [9.17, 15) is 5.11 Å². The van der Waals surface area contributed by atoms with E-state index in [1.165, 1.54) is 0 Å². The Labute approximate surface area is 107 Å². The number of aryl methyl sites for hydroxylation is 1. The Kier molecular flexibility index (Phi) is 5.94. The molecule has 0 saturated carbocycles. The molecule has 0 fully saturated rings. The zero-order valence-corrected chi connectivity index (χ0v) is 11.6. The second-order valence-electron chi connectivity index (χ2n) is 4.50. The van der Waals surface area contributed by atoms with Crippen LogP contribution in [0.25, 0.3) is 0 Å². The highest BCUT2D eigenvalue weighted by atomic mass is 32.2. The number of nitrogens with zero attached hydrogens (tertiary/aromatic N) is 3. The molecule has 1 aromatic rings. The number of unbranched alkanes of at least 4 members (excludes halogenated alkanes) is 1. The van der Waals surface area contributed by atoms with Crippen LogP contribution in [0, 0.1) is 0 Å². The second-order valence-corrected chi connectivity index (χ2v) is 5.56. The smallest absolute Gasteiger partial charge is 0.190 e. The van der Waals surface area contributed by atoms with Gasteiger partial charge >= 0.3 is 0 Å². The minimum atomic E-state index is -0.143. The van der Waals surface area contributed by atoms with E-state index < -0.39 is 0 Å². The third-order valence-electron chi connectivity index (χ3n) is 2.98. The van der Waals surface area contributed by atoms with Gasteiger partial charge in [0.1, 0.15) is 6.33 Å². The number of nitrogens with one attached hydrogen (secondary N) is 1. The average Bonchev–Trinajstić information content (AvgIpc) is 2.74. The summed E-state index contributed by atoms with van der Waals surface area (Å²) in [5.41, 5.74) is -0.143. The Hall–Kier alpha value is -0.590. The van der Waals surface area contributed by atoms with Crippen molar-refractivity contribution in [3.05, 3.63) is 6.33 Å². The van der Waals surface area contributed by atoms with Gasteiger partial charge in [0, 0.05) is 18.3 Å². The number of aliphatic hydroxyl groups excluding tert-OH is 1. The SMILES string of the molecule is CNC(C)(CO)CCCCSc1nncn1C. The molecule has 1 rings (SSSR count). The van der Waals surface area contributed by atoms with E-state index in [1.807, 2.05) is 25.6 Å². The van der Waals surface area contributed by atoms with Gasteiger partial charge in [-0.1, -0.05) is 18.2 Å². The van der Waals surface area contributed by atoms with E-state index in [2.05, 4.69) is 15.5 Å². The summed E-state index contributed by atoms with van der Waals surface area (Å²) in [6, 6.07) is 0. The summed E-state index contributed by atoms with van der Waals surface area (Å²) in [5, 5.41) is 21.2. The van der Waals surface area contributed by atoms with Crippen LogP contribution in [0.1, 0.15) is 26.2 Å². The quantitative estimate of drug-likeness (QED) is 0.539. The predicted molar refractivity (Wildman–Crippen MR) is 70.1 cm³/mol. The maximum atomic E-state index is 9.24. The van der Waals surface area contributed by atoms with E-state index in [-0.39, 0.29) is 12.1 Å². The zero-order chi connectivity index (χ0) is 12.7. The van der Waals surface area contributed by atoms with Crippen LogP contribution in [-0.4, -0.2) is 44.8 Å². The highest BCUT2D eigenvalue weighted by Crippen LogP contribution is 2.18. The number of aromatic nitrogens is 3. The van der Waals surface area contributed by atoms with Crippen molar-refractivity contribution in [1.29, 1.82) is 0 Å². The minimum Gasteiger partial charge on any atom is -0.394 e. The summed E-state index contributed by atoms with van der Waals surface area (Å²) in [4.78, 5) is 0. The fourth-order valence-electron chi connectivity index (χ4n) is 1.47. The van der Waals surface area contributed by atoms with Crippen LogP contribution in [0.3, 0.4) is 0 Å². The lowest BCUT2D eigenvalue weighted by Gasteiger charge is -2.26. The molecule has 1 aromatic heterocycles. The molecule has 0 saturated heterocycles. The number of hydrogen-bond acceptors (Lipinski definition) is 5. The van der Waals surface area contributed by atoms with Crippen LogP contribution < -0.4 is 5.32 Å². The normalized spacial score (nSPS) is 14.8. The van der Waals surface area contributed by atoms with E-state index in [0.717, 1.165) is 30.2 Å². The van der Waals surface area contributed by atoms with Gasteiger partial charge in [0.25, 0.3) is 0 Å². The molecule has 2 N–H and O–H groups in total. The molecular weight excluding hydrogens is 236 g/mol. The molecule has 0 radical (unpaired) electrons. The first-order chi connectivity index (χ1) is 8.11. The van der Waals surface area contributed by atoms with Gasteiger partial charge in [-0.25, -0.2) is 0 Å². The second kappa shape index (κ2) is 6.98. The van der Waals surface area contributed by atoms with Crippen LogP contribution >= 0.6 is 11.8 Å². The van der Waals surface area contributed by atoms with Crippen LogP contribution in [-0.2, 0) is 7.05 Å². The Balaban J connectivity index is 2.15. The Morgan fingerprint density at radius 1 is 1.53 bits per heavy atom. The first-order valence-electron chi connectivity index (χ1n) is 5.88. The van der Waals surface area contributed by atoms with Crippen molar-refractivity contribution in [3.8, 4) is 0 Å². The molecule has 1 atom stereocenters. The average molecular weight is 258 g/mol. The molecule has 17 heavy (non-hydrogen) atoms. The van der Waals surface area contributed by atoms with Crippen molar-refractivity contribution in [1.82, 2.24) is 20.1 Å². The number of likely N-dealkylation sites (N-methyl/N-ethyl adjacent to an activating group) is 1. The van der Waals surface area contributed by atoms with Crippen LogP contribution in [0.15, 0.2) is 11.5 Å². The third kappa shape index (κ3) is 4.65. The fraction of sp³-hybridized carbons (Fsp3) is 0.818. The summed E-state index contributed by atoms with van der Waals surface area (Å²) >= 11 is 1.73. The summed E-state index contributed by atoms with van der Waals surface area (Å²) in [7, 11) is 3.84. The minimum absolute atomic E-state index is 0.143. The number of thioether (sulfide) groups is 1. The largest absolute Gasteiger partial charge is 0.394 e. The van der Waals surface area contributed by atoms with Gasteiger partial charge in [-0.3, -0.25) is 0 Å². The van der Waals surface area contributed by atoms with Gasteiger partial charge in [0.15, 0.2) is 5.16 Å². The topological polar surface area (TPSA) is 63.0 Å². The highest BCUT2D eigenvalue weighted by Gasteiger charge is 2.19. The van der Waals surface area contributed by atoms with Gasteiger partial charge in [-0.15, -0.1) is 10.2 Å². The molecule has 0 aliphatic carbocycles. The predicted octanol–water partition coefficient (Wildman–Crippen LogP) is 1.05. The summed E-state index contributed by atoms with van der Waals surface area (Å²) < 4.78 is 1.93. The van der Waals surface area contributed by atoms with E-state index in [4.69, 9.17) is 0 Å². The van der Waals surface area contributed by atoms with Crippen molar-refractivity contribution in [2.24, 2.45) is 7.05 Å². The molecule has 6 heteroatoms. The molecule has 98 valence electrons. The lowest BCUT2D eigenvalue weighted by molar-refractivity contribution is 0.171. The molecule has 0 aliphatic rings. The van der Waals surface area contributed by atoms with Crippen LogP contribution in [0.2, 0.25) is 0 Å². The van der Waals surface area contributed by atoms with Crippen LogP contribution in [0.5, 0.6) is 0 Å². The third-order valence-corrected chi connectivity index (χ3v) is 4.10. The lowest BCUT2D eigenvalue weighted by Crippen LogP contribution is -2.43. The Morgan fingerprint density at radius 2 is 2.29 bits per heavy atom. The number of hydrogen-bond donors (Lipinski definition) is 2. The van der Waals surface area contributed by atoms with E-state index in [0.29, 0.717) is 0 Å². The monoisotopic (exact) mass is 258 g/mol. The summed E-state index contributed by atoms with van der Waals surface area (Å²) in [6.07, 6.45) is 4.92. The van der Waals surface area contributed by atoms with Crippen molar-refractivity contribution in [2.45, 2.75) is 36.9 Å². The Bertz CT molecular complexity index is 325. The van der Waals surface area contributed by atoms with Crippen molar-refractivity contribution >= 4 is 11.8 Å². The molecule has 5 nitrogen and oxygen atoms in total. The fourth-order valence-corrected chi connectivity index (χ4v) is 2.35. The van der Waals surface area contributed by atoms with Gasteiger partial charge in [-0.05, 0) is 26.8 Å². The number of aliphatic hydroxyl groups is 1. The highest BCUT2D eigenvalue weighted by molar-refractivity contribution is 7.99. The zero-order valence-electron chi connectivity index (χ0n) is 10.8. The lowest BCUT2D eigenvalue weighted by atomic mass is 9.96. The molecule has 1 unspecified atom stereocenters. The first kappa shape index (κ1) is 14.5. The van der Waals surface area contributed by atoms with E-state index >= 15 is 0 Å². The first-order valence-corrected chi connectivity index (χ1v) is 6.86. The summed E-state index contributed by atoms with van der Waals surface area (Å²) in [5.74, 6) is 1.04. The van der Waals surface area contributed by atoms with Gasteiger partial charge < -0.3 is 15.0 Å². The van der Waals surface area contributed by atoms with Crippen molar-refractivity contribution < 1.29 is 5.11 Å². The van der Waals surface area contributed by atoms with Gasteiger partial charge in [0.2, 0.25) is 0 Å². The molecule has 1 heterocycles. The molecular formula is C11H22N4OS. The van der Waals surface area contributed by atoms with Gasteiger partial charge in [0.05, 0.1) is 6.61 Å². The molecule has 0 aliphatic heterocycles. The van der Waals surface area contributed by atoms with Crippen molar-refractivity contribution in [2.75, 3.05) is 19.4 Å². The molecule has 0 amide bonds. The Morgan fingerprint density at radius 3 is 2.82 bits per heavy atom. The maximum Gasteiger partial charge on any atom is 0.190 e. The summed E-state index contributed by atoms with van der Waals surface area (Å²) in [6.45, 7) is 2.22.